The summed E-state index contributed by atoms with van der Waals surface area (Å²) >= 11 is 0. The molecule has 2 aromatic rings. The van der Waals surface area contributed by atoms with E-state index in [0.29, 0.717) is 0 Å². The molecule has 0 aliphatic carbocycles. The molecular formula is C11H11FN4O2. The second-order valence-corrected chi connectivity index (χ2v) is 3.61. The maximum atomic E-state index is 13.5. The van der Waals surface area contributed by atoms with Crippen molar-refractivity contribution in [3.05, 3.63) is 35.1 Å². The van der Waals surface area contributed by atoms with Gasteiger partial charge in [0.15, 0.2) is 0 Å². The van der Waals surface area contributed by atoms with Crippen LogP contribution in [0.25, 0.3) is 0 Å². The van der Waals surface area contributed by atoms with Crippen molar-refractivity contribution in [2.24, 2.45) is 0 Å². The number of carbonyl (C=O) groups excluding carboxylic acids is 1. The third-order valence-electron chi connectivity index (χ3n) is 2.25. The highest BCUT2D eigenvalue weighted by Gasteiger charge is 2.14. The number of H-pyrrole nitrogens is 1. The van der Waals surface area contributed by atoms with Crippen LogP contribution in [-0.2, 0) is 0 Å². The molecule has 0 bridgehead atoms. The predicted octanol–water partition coefficient (Wildman–Crippen LogP) is 1.51. The molecule has 1 aromatic heterocycles. The second kappa shape index (κ2) is 4.82. The van der Waals surface area contributed by atoms with Crippen LogP contribution in [0.1, 0.15) is 15.9 Å². The standard InChI is InChI=1S/C11H11FN4O2/c1-6-3-4-8(12)7(5-6)9(17)13-10-14-11(18-2)16-15-10/h3-5H,1-2H3,(H2,13,14,15,16,17). The van der Waals surface area contributed by atoms with Gasteiger partial charge in [-0.15, -0.1) is 5.10 Å². The molecule has 2 N–H and O–H groups in total. The smallest absolute Gasteiger partial charge is 0.336 e. The summed E-state index contributed by atoms with van der Waals surface area (Å²) in [5.41, 5.74) is 0.738. The number of methoxy groups -OCH3 is 1. The molecule has 0 saturated carbocycles. The molecule has 18 heavy (non-hydrogen) atoms. The Morgan fingerprint density at radius 2 is 2.28 bits per heavy atom. The third kappa shape index (κ3) is 2.45. The van der Waals surface area contributed by atoms with Crippen molar-refractivity contribution in [3.8, 4) is 6.01 Å². The molecule has 0 saturated heterocycles. The summed E-state index contributed by atoms with van der Waals surface area (Å²) in [4.78, 5) is 15.6. The molecule has 0 aliphatic rings. The van der Waals surface area contributed by atoms with Crippen molar-refractivity contribution in [1.82, 2.24) is 15.2 Å². The number of aromatic nitrogens is 3. The molecule has 0 aliphatic heterocycles. The van der Waals surface area contributed by atoms with E-state index in [9.17, 15) is 9.18 Å². The van der Waals surface area contributed by atoms with E-state index in [2.05, 4.69) is 20.5 Å². The van der Waals surface area contributed by atoms with Crippen molar-refractivity contribution >= 4 is 11.9 Å². The van der Waals surface area contributed by atoms with Crippen LogP contribution in [0.5, 0.6) is 6.01 Å². The van der Waals surface area contributed by atoms with E-state index in [1.807, 2.05) is 0 Å². The number of anilines is 1. The van der Waals surface area contributed by atoms with Crippen LogP contribution < -0.4 is 10.1 Å². The third-order valence-corrected chi connectivity index (χ3v) is 2.25. The van der Waals surface area contributed by atoms with Crippen molar-refractivity contribution in [3.63, 3.8) is 0 Å². The molecular weight excluding hydrogens is 239 g/mol. The van der Waals surface area contributed by atoms with Crippen LogP contribution in [0.3, 0.4) is 0 Å². The van der Waals surface area contributed by atoms with Crippen LogP contribution in [0.4, 0.5) is 10.3 Å². The number of amides is 1. The molecule has 0 atom stereocenters. The molecule has 1 amide bonds. The van der Waals surface area contributed by atoms with Crippen LogP contribution in [-0.4, -0.2) is 28.2 Å². The van der Waals surface area contributed by atoms with E-state index < -0.39 is 11.7 Å². The first-order valence-corrected chi connectivity index (χ1v) is 5.14. The lowest BCUT2D eigenvalue weighted by Crippen LogP contribution is -2.15. The molecule has 2 rings (SSSR count). The van der Waals surface area contributed by atoms with E-state index in [-0.39, 0.29) is 17.5 Å². The van der Waals surface area contributed by atoms with Gasteiger partial charge in [0.2, 0.25) is 5.95 Å². The van der Waals surface area contributed by atoms with Crippen molar-refractivity contribution < 1.29 is 13.9 Å². The number of nitrogens with one attached hydrogen (secondary N) is 2. The van der Waals surface area contributed by atoms with Crippen molar-refractivity contribution in [2.75, 3.05) is 12.4 Å². The summed E-state index contributed by atoms with van der Waals surface area (Å²) in [5, 5.41) is 8.50. The average Bonchev–Trinajstić information content (AvgIpc) is 2.80. The molecule has 1 heterocycles. The van der Waals surface area contributed by atoms with E-state index in [1.165, 1.54) is 19.2 Å². The summed E-state index contributed by atoms with van der Waals surface area (Å²) in [6.45, 7) is 1.77. The lowest BCUT2D eigenvalue weighted by Gasteiger charge is -2.03. The number of ether oxygens (including phenoxy) is 1. The van der Waals surface area contributed by atoms with Gasteiger partial charge in [-0.2, -0.15) is 4.98 Å². The van der Waals surface area contributed by atoms with Crippen molar-refractivity contribution in [2.45, 2.75) is 6.92 Å². The van der Waals surface area contributed by atoms with Gasteiger partial charge >= 0.3 is 6.01 Å². The van der Waals surface area contributed by atoms with Crippen LogP contribution in [0.15, 0.2) is 18.2 Å². The Bertz CT molecular complexity index is 582. The Labute approximate surface area is 102 Å². The highest BCUT2D eigenvalue weighted by atomic mass is 19.1. The predicted molar refractivity (Wildman–Crippen MR) is 62.0 cm³/mol. The van der Waals surface area contributed by atoms with E-state index in [0.717, 1.165) is 5.56 Å². The second-order valence-electron chi connectivity index (χ2n) is 3.61. The Morgan fingerprint density at radius 1 is 1.50 bits per heavy atom. The highest BCUT2D eigenvalue weighted by molar-refractivity contribution is 6.03. The van der Waals surface area contributed by atoms with Gasteiger partial charge in [-0.3, -0.25) is 10.1 Å². The molecule has 1 aromatic carbocycles. The maximum absolute atomic E-state index is 13.5. The van der Waals surface area contributed by atoms with Gasteiger partial charge in [-0.05, 0) is 19.1 Å². The summed E-state index contributed by atoms with van der Waals surface area (Å²) in [6.07, 6.45) is 0. The molecule has 0 fully saturated rings. The fourth-order valence-electron chi connectivity index (χ4n) is 1.38. The molecule has 0 spiro atoms. The zero-order valence-corrected chi connectivity index (χ0v) is 9.82. The van der Waals surface area contributed by atoms with E-state index in [1.54, 1.807) is 13.0 Å². The number of benzene rings is 1. The van der Waals surface area contributed by atoms with Gasteiger partial charge < -0.3 is 4.74 Å². The monoisotopic (exact) mass is 250 g/mol. The minimum atomic E-state index is -0.602. The first kappa shape index (κ1) is 12.0. The largest absolute Gasteiger partial charge is 0.466 e. The minimum Gasteiger partial charge on any atom is -0.466 e. The normalized spacial score (nSPS) is 10.2. The number of carbonyl (C=O) groups is 1. The van der Waals surface area contributed by atoms with Gasteiger partial charge in [-0.1, -0.05) is 11.6 Å². The summed E-state index contributed by atoms with van der Waals surface area (Å²) in [5.74, 6) is -1.10. The zero-order valence-electron chi connectivity index (χ0n) is 9.82. The summed E-state index contributed by atoms with van der Waals surface area (Å²) in [7, 11) is 1.40. The first-order chi connectivity index (χ1) is 8.60. The van der Waals surface area contributed by atoms with Gasteiger partial charge in [0, 0.05) is 0 Å². The van der Waals surface area contributed by atoms with Crippen LogP contribution >= 0.6 is 0 Å². The number of nitrogens with zero attached hydrogens (tertiary/aromatic N) is 2. The van der Waals surface area contributed by atoms with Gasteiger partial charge in [0.25, 0.3) is 5.91 Å². The van der Waals surface area contributed by atoms with Gasteiger partial charge in [0.1, 0.15) is 5.82 Å². The minimum absolute atomic E-state index is 0.0506. The molecule has 7 heteroatoms. The number of halogens is 1. The fourth-order valence-corrected chi connectivity index (χ4v) is 1.38. The zero-order chi connectivity index (χ0) is 13.1. The van der Waals surface area contributed by atoms with E-state index in [4.69, 9.17) is 4.74 Å². The highest BCUT2D eigenvalue weighted by Crippen LogP contribution is 2.12. The van der Waals surface area contributed by atoms with E-state index >= 15 is 0 Å². The lowest BCUT2D eigenvalue weighted by atomic mass is 10.1. The SMILES string of the molecule is COc1n[nH]c(NC(=O)c2cc(C)ccc2F)n1. The topological polar surface area (TPSA) is 79.9 Å². The van der Waals surface area contributed by atoms with Crippen LogP contribution in [0, 0.1) is 12.7 Å². The average molecular weight is 250 g/mol. The van der Waals surface area contributed by atoms with Gasteiger partial charge in [0.05, 0.1) is 12.7 Å². The Hall–Kier alpha value is -2.44. The van der Waals surface area contributed by atoms with Crippen LogP contribution in [0.2, 0.25) is 0 Å². The molecule has 94 valence electrons. The summed E-state index contributed by atoms with van der Waals surface area (Å²) < 4.78 is 18.2. The lowest BCUT2D eigenvalue weighted by molar-refractivity contribution is 0.102. The number of aryl methyl sites for hydroxylation is 1. The first-order valence-electron chi connectivity index (χ1n) is 5.14. The number of rotatable bonds is 3. The number of hydrogen-bond acceptors (Lipinski definition) is 4. The van der Waals surface area contributed by atoms with Gasteiger partial charge in [-0.25, -0.2) is 9.49 Å². The van der Waals surface area contributed by atoms with Crippen molar-refractivity contribution in [1.29, 1.82) is 0 Å². The Morgan fingerprint density at radius 3 is 2.94 bits per heavy atom. The number of aromatic amines is 1. The quantitative estimate of drug-likeness (QED) is 0.865. The Balaban J connectivity index is 2.19. The fraction of sp³-hybridized carbons (Fsp3) is 0.182. The number of hydrogen-bond donors (Lipinski definition) is 2. The molecule has 0 radical (unpaired) electrons. The molecule has 0 unspecified atom stereocenters. The summed E-state index contributed by atoms with van der Waals surface area (Å²) in [6, 6.07) is 4.38. The molecule has 6 nitrogen and oxygen atoms in total. The maximum Gasteiger partial charge on any atom is 0.336 e. The Kier molecular flexibility index (Phi) is 3.22.